The molecule has 2 aromatic rings. The zero-order chi connectivity index (χ0) is 15.7. The maximum Gasteiger partial charge on any atom is 0.232 e. The minimum Gasteiger partial charge on any atom is -0.377 e. The lowest BCUT2D eigenvalue weighted by Crippen LogP contribution is -2.23. The van der Waals surface area contributed by atoms with Crippen LogP contribution in [-0.4, -0.2) is 36.4 Å². The highest BCUT2D eigenvalue weighted by molar-refractivity contribution is 7.91. The predicted molar refractivity (Wildman–Crippen MR) is 84.1 cm³/mol. The molecule has 1 aromatic carbocycles. The monoisotopic (exact) mass is 320 g/mol. The average Bonchev–Trinajstić information content (AvgIpc) is 3.12. The Balaban J connectivity index is 1.99. The van der Waals surface area contributed by atoms with E-state index >= 15 is 0 Å². The second kappa shape index (κ2) is 5.85. The highest BCUT2D eigenvalue weighted by Crippen LogP contribution is 2.23. The minimum absolute atomic E-state index is 0.00508. The summed E-state index contributed by atoms with van der Waals surface area (Å²) in [6.07, 6.45) is 4.73. The molecule has 1 aromatic heterocycles. The number of aryl methyl sites for hydroxylation is 2. The van der Waals surface area contributed by atoms with Crippen molar-refractivity contribution in [2.45, 2.75) is 37.9 Å². The van der Waals surface area contributed by atoms with E-state index in [4.69, 9.17) is 4.74 Å². The van der Waals surface area contributed by atoms with Gasteiger partial charge in [-0.2, -0.15) is 0 Å². The largest absolute Gasteiger partial charge is 0.377 e. The molecule has 0 spiro atoms. The second-order valence-corrected chi connectivity index (χ2v) is 7.71. The lowest BCUT2D eigenvalue weighted by atomic mass is 10.1. The van der Waals surface area contributed by atoms with Crippen molar-refractivity contribution in [3.8, 4) is 5.69 Å². The smallest absolute Gasteiger partial charge is 0.232 e. The van der Waals surface area contributed by atoms with Gasteiger partial charge in [-0.15, -0.1) is 0 Å². The van der Waals surface area contributed by atoms with E-state index in [1.54, 1.807) is 10.8 Å². The molecule has 0 saturated carbocycles. The van der Waals surface area contributed by atoms with Crippen molar-refractivity contribution in [3.05, 3.63) is 41.7 Å². The molecule has 1 saturated heterocycles. The van der Waals surface area contributed by atoms with Crippen molar-refractivity contribution < 1.29 is 13.2 Å². The Labute approximate surface area is 130 Å². The zero-order valence-electron chi connectivity index (χ0n) is 12.8. The number of hydrogen-bond donors (Lipinski definition) is 0. The lowest BCUT2D eigenvalue weighted by molar-refractivity contribution is 0.127. The van der Waals surface area contributed by atoms with Gasteiger partial charge < -0.3 is 4.74 Å². The SMILES string of the molecule is Cc1ccc(C)c(-n2ccnc2S(=O)(=O)C[C@H]2CCCO2)c1. The molecule has 6 heteroatoms. The third-order valence-electron chi connectivity index (χ3n) is 3.94. The summed E-state index contributed by atoms with van der Waals surface area (Å²) in [5.41, 5.74) is 2.94. The molecule has 0 amide bonds. The first-order valence-corrected chi connectivity index (χ1v) is 9.08. The Morgan fingerprint density at radius 1 is 1.36 bits per heavy atom. The van der Waals surface area contributed by atoms with E-state index in [0.29, 0.717) is 6.61 Å². The lowest BCUT2D eigenvalue weighted by Gasteiger charge is -2.14. The van der Waals surface area contributed by atoms with Crippen LogP contribution < -0.4 is 0 Å². The molecule has 3 rings (SSSR count). The van der Waals surface area contributed by atoms with Gasteiger partial charge in [-0.1, -0.05) is 12.1 Å². The summed E-state index contributed by atoms with van der Waals surface area (Å²) >= 11 is 0. The van der Waals surface area contributed by atoms with Gasteiger partial charge in [0.25, 0.3) is 0 Å². The standard InChI is InChI=1S/C16H20N2O3S/c1-12-5-6-13(2)15(10-12)18-8-7-17-16(18)22(19,20)11-14-4-3-9-21-14/h5-8,10,14H,3-4,9,11H2,1-2H3/t14-/m1/s1. The van der Waals surface area contributed by atoms with Crippen molar-refractivity contribution in [1.29, 1.82) is 0 Å². The van der Waals surface area contributed by atoms with Gasteiger partial charge in [0.05, 0.1) is 17.5 Å². The first-order valence-electron chi connectivity index (χ1n) is 7.43. The Morgan fingerprint density at radius 3 is 2.91 bits per heavy atom. The molecule has 0 N–H and O–H groups in total. The quantitative estimate of drug-likeness (QED) is 0.868. The Hall–Kier alpha value is -1.66. The van der Waals surface area contributed by atoms with Crippen LogP contribution in [0.1, 0.15) is 24.0 Å². The third kappa shape index (κ3) is 2.94. The van der Waals surface area contributed by atoms with Gasteiger partial charge in [0, 0.05) is 19.0 Å². The molecule has 0 radical (unpaired) electrons. The van der Waals surface area contributed by atoms with Crippen LogP contribution >= 0.6 is 0 Å². The van der Waals surface area contributed by atoms with Crippen molar-refractivity contribution in [2.75, 3.05) is 12.4 Å². The van der Waals surface area contributed by atoms with Gasteiger partial charge >= 0.3 is 0 Å². The fourth-order valence-corrected chi connectivity index (χ4v) is 4.36. The Kier molecular flexibility index (Phi) is 4.06. The number of aromatic nitrogens is 2. The molecular formula is C16H20N2O3S. The fraction of sp³-hybridized carbons (Fsp3) is 0.438. The van der Waals surface area contributed by atoms with Crippen LogP contribution in [0.4, 0.5) is 0 Å². The van der Waals surface area contributed by atoms with Crippen LogP contribution in [-0.2, 0) is 14.6 Å². The van der Waals surface area contributed by atoms with Crippen LogP contribution in [0.5, 0.6) is 0 Å². The van der Waals surface area contributed by atoms with E-state index < -0.39 is 9.84 Å². The molecule has 1 atom stereocenters. The summed E-state index contributed by atoms with van der Waals surface area (Å²) in [5.74, 6) is -0.00508. The van der Waals surface area contributed by atoms with Crippen molar-refractivity contribution in [2.24, 2.45) is 0 Å². The van der Waals surface area contributed by atoms with E-state index in [0.717, 1.165) is 29.7 Å². The van der Waals surface area contributed by atoms with E-state index in [-0.39, 0.29) is 17.0 Å². The van der Waals surface area contributed by atoms with Crippen LogP contribution in [0.15, 0.2) is 35.7 Å². The molecule has 118 valence electrons. The fourth-order valence-electron chi connectivity index (χ4n) is 2.78. The predicted octanol–water partition coefficient (Wildman–Crippen LogP) is 2.44. The van der Waals surface area contributed by atoms with Crippen LogP contribution in [0.3, 0.4) is 0 Å². The average molecular weight is 320 g/mol. The first-order chi connectivity index (χ1) is 10.5. The molecule has 1 aliphatic heterocycles. The maximum atomic E-state index is 12.7. The summed E-state index contributed by atoms with van der Waals surface area (Å²) in [6.45, 7) is 4.59. The van der Waals surface area contributed by atoms with Gasteiger partial charge in [0.15, 0.2) is 0 Å². The summed E-state index contributed by atoms with van der Waals surface area (Å²) < 4.78 is 32.5. The maximum absolute atomic E-state index is 12.7. The van der Waals surface area contributed by atoms with Crippen LogP contribution in [0.25, 0.3) is 5.69 Å². The van der Waals surface area contributed by atoms with Gasteiger partial charge in [0.1, 0.15) is 0 Å². The van der Waals surface area contributed by atoms with Gasteiger partial charge in [0.2, 0.25) is 15.0 Å². The number of imidazole rings is 1. The topological polar surface area (TPSA) is 61.2 Å². The highest BCUT2D eigenvalue weighted by Gasteiger charge is 2.28. The van der Waals surface area contributed by atoms with Crippen LogP contribution in [0, 0.1) is 13.8 Å². The number of ether oxygens (including phenoxy) is 1. The van der Waals surface area contributed by atoms with Gasteiger partial charge in [-0.25, -0.2) is 13.4 Å². The van der Waals surface area contributed by atoms with E-state index in [9.17, 15) is 8.42 Å². The molecule has 1 fully saturated rings. The van der Waals surface area contributed by atoms with Gasteiger partial charge in [-0.3, -0.25) is 4.57 Å². The summed E-state index contributed by atoms with van der Waals surface area (Å²) in [4.78, 5) is 4.10. The summed E-state index contributed by atoms with van der Waals surface area (Å²) in [7, 11) is -3.48. The number of benzene rings is 1. The molecular weight excluding hydrogens is 300 g/mol. The molecule has 2 heterocycles. The van der Waals surface area contributed by atoms with E-state index in [1.165, 1.54) is 6.20 Å². The normalized spacial score (nSPS) is 18.7. The second-order valence-electron chi connectivity index (χ2n) is 5.79. The Bertz CT molecular complexity index is 774. The third-order valence-corrected chi connectivity index (χ3v) is 5.61. The summed E-state index contributed by atoms with van der Waals surface area (Å²) in [5, 5.41) is 0.0942. The Morgan fingerprint density at radius 2 is 2.18 bits per heavy atom. The van der Waals surface area contributed by atoms with Crippen molar-refractivity contribution in [1.82, 2.24) is 9.55 Å². The number of nitrogens with zero attached hydrogens (tertiary/aromatic N) is 2. The van der Waals surface area contributed by atoms with Crippen LogP contribution in [0.2, 0.25) is 0 Å². The molecule has 0 aliphatic carbocycles. The number of sulfone groups is 1. The molecule has 0 bridgehead atoms. The van der Waals surface area contributed by atoms with Crippen molar-refractivity contribution >= 4 is 9.84 Å². The first kappa shape index (κ1) is 15.2. The molecule has 1 aliphatic rings. The minimum atomic E-state index is -3.48. The number of hydrogen-bond acceptors (Lipinski definition) is 4. The van der Waals surface area contributed by atoms with E-state index in [2.05, 4.69) is 4.98 Å². The number of rotatable bonds is 4. The highest BCUT2D eigenvalue weighted by atomic mass is 32.2. The van der Waals surface area contributed by atoms with E-state index in [1.807, 2.05) is 32.0 Å². The van der Waals surface area contributed by atoms with Crippen molar-refractivity contribution in [3.63, 3.8) is 0 Å². The molecule has 22 heavy (non-hydrogen) atoms. The molecule has 0 unspecified atom stereocenters. The molecule has 5 nitrogen and oxygen atoms in total. The zero-order valence-corrected chi connectivity index (χ0v) is 13.6. The van der Waals surface area contributed by atoms with Gasteiger partial charge in [-0.05, 0) is 43.9 Å². The summed E-state index contributed by atoms with van der Waals surface area (Å²) in [6, 6.07) is 5.97.